The van der Waals surface area contributed by atoms with Crippen LogP contribution in [0.1, 0.15) is 15.9 Å². The third kappa shape index (κ3) is 4.69. The van der Waals surface area contributed by atoms with Gasteiger partial charge in [-0.05, 0) is 29.8 Å². The van der Waals surface area contributed by atoms with Crippen molar-refractivity contribution in [2.75, 3.05) is 37.5 Å². The van der Waals surface area contributed by atoms with E-state index in [-0.39, 0.29) is 10.8 Å². The van der Waals surface area contributed by atoms with Crippen molar-refractivity contribution >= 4 is 21.6 Å². The smallest absolute Gasteiger partial charge is 0.264 e. The molecule has 0 saturated carbocycles. The summed E-state index contributed by atoms with van der Waals surface area (Å²) in [5.41, 5.74) is 2.03. The maximum Gasteiger partial charge on any atom is 0.264 e. The highest BCUT2D eigenvalue weighted by Crippen LogP contribution is 2.27. The van der Waals surface area contributed by atoms with E-state index in [2.05, 4.69) is 17.0 Å². The Morgan fingerprint density at radius 3 is 2.03 bits per heavy atom. The molecule has 1 aliphatic heterocycles. The number of hydrogen-bond acceptors (Lipinski definition) is 4. The minimum atomic E-state index is -3.77. The van der Waals surface area contributed by atoms with Crippen molar-refractivity contribution in [3.8, 4) is 0 Å². The molecular formula is C25H27N3O3S. The van der Waals surface area contributed by atoms with E-state index in [1.54, 1.807) is 54.6 Å². The maximum absolute atomic E-state index is 13.3. The lowest BCUT2D eigenvalue weighted by Gasteiger charge is -2.35. The van der Waals surface area contributed by atoms with Crippen LogP contribution in [-0.2, 0) is 16.6 Å². The number of para-hydroxylation sites is 1. The van der Waals surface area contributed by atoms with Crippen molar-refractivity contribution < 1.29 is 13.2 Å². The first-order valence-electron chi connectivity index (χ1n) is 10.7. The van der Waals surface area contributed by atoms with E-state index in [1.807, 2.05) is 23.1 Å². The second-order valence-corrected chi connectivity index (χ2v) is 9.83. The Kier molecular flexibility index (Phi) is 6.58. The molecule has 1 heterocycles. The Bertz CT molecular complexity index is 1160. The fraction of sp³-hybridized carbons (Fsp3) is 0.240. The van der Waals surface area contributed by atoms with Gasteiger partial charge < -0.3 is 4.90 Å². The van der Waals surface area contributed by atoms with Gasteiger partial charge >= 0.3 is 0 Å². The summed E-state index contributed by atoms with van der Waals surface area (Å²) in [6.45, 7) is 3.63. The molecule has 0 atom stereocenters. The molecule has 1 fully saturated rings. The van der Waals surface area contributed by atoms with Crippen molar-refractivity contribution in [1.29, 1.82) is 0 Å². The van der Waals surface area contributed by atoms with E-state index in [4.69, 9.17) is 0 Å². The average Bonchev–Trinajstić information content (AvgIpc) is 2.85. The Hall–Kier alpha value is -3.16. The monoisotopic (exact) mass is 449 g/mol. The van der Waals surface area contributed by atoms with Gasteiger partial charge in [-0.25, -0.2) is 8.42 Å². The summed E-state index contributed by atoms with van der Waals surface area (Å²) in [6, 6.07) is 25.5. The summed E-state index contributed by atoms with van der Waals surface area (Å²) < 4.78 is 27.4. The number of rotatable bonds is 6. The third-order valence-electron chi connectivity index (χ3n) is 5.78. The quantitative estimate of drug-likeness (QED) is 0.578. The van der Waals surface area contributed by atoms with Gasteiger partial charge in [0.2, 0.25) is 0 Å². The topological polar surface area (TPSA) is 60.9 Å². The van der Waals surface area contributed by atoms with Gasteiger partial charge in [0, 0.05) is 39.8 Å². The summed E-state index contributed by atoms with van der Waals surface area (Å²) in [5.74, 6) is -0.143. The molecule has 3 aromatic carbocycles. The van der Waals surface area contributed by atoms with Crippen LogP contribution in [0.15, 0.2) is 89.8 Å². The summed E-state index contributed by atoms with van der Waals surface area (Å²) in [5, 5.41) is 0. The molecule has 6 nitrogen and oxygen atoms in total. The fourth-order valence-corrected chi connectivity index (χ4v) is 5.17. The van der Waals surface area contributed by atoms with Crippen molar-refractivity contribution in [3.63, 3.8) is 0 Å². The molecule has 32 heavy (non-hydrogen) atoms. The van der Waals surface area contributed by atoms with Gasteiger partial charge in [0.1, 0.15) is 0 Å². The van der Waals surface area contributed by atoms with Crippen molar-refractivity contribution in [1.82, 2.24) is 9.80 Å². The molecule has 166 valence electrons. The molecule has 7 heteroatoms. The van der Waals surface area contributed by atoms with E-state index in [9.17, 15) is 13.2 Å². The molecule has 0 bridgehead atoms. The predicted molar refractivity (Wildman–Crippen MR) is 126 cm³/mol. The van der Waals surface area contributed by atoms with Crippen molar-refractivity contribution in [3.05, 3.63) is 96.1 Å². The molecule has 1 aliphatic rings. The number of amides is 1. The maximum atomic E-state index is 13.3. The fourth-order valence-electron chi connectivity index (χ4n) is 3.93. The van der Waals surface area contributed by atoms with Gasteiger partial charge in [0.25, 0.3) is 15.9 Å². The number of anilines is 1. The number of carbonyl (C=O) groups excluding carboxylic acids is 1. The Morgan fingerprint density at radius 1 is 0.812 bits per heavy atom. The molecule has 1 saturated heterocycles. The molecule has 0 aromatic heterocycles. The average molecular weight is 450 g/mol. The van der Waals surface area contributed by atoms with Crippen LogP contribution in [0.25, 0.3) is 0 Å². The lowest BCUT2D eigenvalue weighted by molar-refractivity contribution is 0.0629. The third-order valence-corrected chi connectivity index (χ3v) is 7.57. The molecule has 0 aliphatic carbocycles. The van der Waals surface area contributed by atoms with Gasteiger partial charge in [-0.2, -0.15) is 0 Å². The van der Waals surface area contributed by atoms with E-state index in [0.717, 1.165) is 19.6 Å². The Morgan fingerprint density at radius 2 is 1.38 bits per heavy atom. The molecule has 0 spiro atoms. The standard InChI is InChI=1S/C25H27N3O3S/c1-26(32(30,31)22-12-6-3-7-13-22)24-15-9-8-14-23(24)25(29)28-18-16-27(17-19-28)20-21-10-4-2-5-11-21/h2-15H,16-20H2,1H3. The van der Waals surface area contributed by atoms with Crippen LogP contribution < -0.4 is 4.31 Å². The zero-order valence-electron chi connectivity index (χ0n) is 18.1. The first kappa shape index (κ1) is 22.0. The van der Waals surface area contributed by atoms with Gasteiger partial charge in [-0.1, -0.05) is 60.7 Å². The SMILES string of the molecule is CN(c1ccccc1C(=O)N1CCN(Cc2ccccc2)CC1)S(=O)(=O)c1ccccc1. The zero-order valence-corrected chi connectivity index (χ0v) is 18.9. The van der Waals surface area contributed by atoms with E-state index < -0.39 is 10.0 Å². The van der Waals surface area contributed by atoms with Crippen LogP contribution in [-0.4, -0.2) is 57.4 Å². The number of piperazine rings is 1. The summed E-state index contributed by atoms with van der Waals surface area (Å²) >= 11 is 0. The Labute approximate surface area is 189 Å². The van der Waals surface area contributed by atoms with Crippen LogP contribution in [0.5, 0.6) is 0 Å². The van der Waals surface area contributed by atoms with Gasteiger partial charge in [-0.15, -0.1) is 0 Å². The van der Waals surface area contributed by atoms with Crippen LogP contribution in [0, 0.1) is 0 Å². The number of carbonyl (C=O) groups is 1. The van der Waals surface area contributed by atoms with Crippen molar-refractivity contribution in [2.45, 2.75) is 11.4 Å². The zero-order chi connectivity index (χ0) is 22.6. The minimum absolute atomic E-state index is 0.143. The Balaban J connectivity index is 1.49. The summed E-state index contributed by atoms with van der Waals surface area (Å²) in [4.78, 5) is 17.7. The van der Waals surface area contributed by atoms with Gasteiger partial charge in [0.05, 0.1) is 16.1 Å². The highest BCUT2D eigenvalue weighted by Gasteiger charge is 2.28. The number of hydrogen-bond donors (Lipinski definition) is 0. The predicted octanol–water partition coefficient (Wildman–Crippen LogP) is 3.47. The second kappa shape index (κ2) is 9.54. The van der Waals surface area contributed by atoms with E-state index in [1.165, 1.54) is 16.9 Å². The second-order valence-electron chi connectivity index (χ2n) is 7.86. The number of nitrogens with zero attached hydrogens (tertiary/aromatic N) is 3. The van der Waals surface area contributed by atoms with E-state index in [0.29, 0.717) is 24.3 Å². The largest absolute Gasteiger partial charge is 0.336 e. The molecule has 0 unspecified atom stereocenters. The molecular weight excluding hydrogens is 422 g/mol. The van der Waals surface area contributed by atoms with Gasteiger partial charge in [-0.3, -0.25) is 14.0 Å². The lowest BCUT2D eigenvalue weighted by atomic mass is 10.1. The highest BCUT2D eigenvalue weighted by molar-refractivity contribution is 7.92. The number of benzene rings is 3. The van der Waals surface area contributed by atoms with Crippen molar-refractivity contribution in [2.24, 2.45) is 0 Å². The van der Waals surface area contributed by atoms with Crippen LogP contribution in [0.2, 0.25) is 0 Å². The molecule has 4 rings (SSSR count). The van der Waals surface area contributed by atoms with Crippen LogP contribution in [0.4, 0.5) is 5.69 Å². The summed E-state index contributed by atoms with van der Waals surface area (Å²) in [6.07, 6.45) is 0. The normalized spacial score (nSPS) is 14.8. The van der Waals surface area contributed by atoms with Crippen LogP contribution in [0.3, 0.4) is 0 Å². The molecule has 3 aromatic rings. The van der Waals surface area contributed by atoms with Gasteiger partial charge in [0.15, 0.2) is 0 Å². The van der Waals surface area contributed by atoms with Crippen LogP contribution >= 0.6 is 0 Å². The first-order chi connectivity index (χ1) is 15.5. The summed E-state index contributed by atoms with van der Waals surface area (Å²) in [7, 11) is -2.28. The highest BCUT2D eigenvalue weighted by atomic mass is 32.2. The molecule has 1 amide bonds. The van der Waals surface area contributed by atoms with E-state index >= 15 is 0 Å². The number of sulfonamides is 1. The molecule has 0 radical (unpaired) electrons. The molecule has 0 N–H and O–H groups in total. The minimum Gasteiger partial charge on any atom is -0.336 e. The lowest BCUT2D eigenvalue weighted by Crippen LogP contribution is -2.48. The first-order valence-corrected chi connectivity index (χ1v) is 12.1.